The molecule has 0 aromatic carbocycles. The summed E-state index contributed by atoms with van der Waals surface area (Å²) in [6, 6.07) is 1.79. The van der Waals surface area contributed by atoms with Crippen molar-refractivity contribution in [1.29, 1.82) is 0 Å². The predicted octanol–water partition coefficient (Wildman–Crippen LogP) is 2.78. The molecule has 0 amide bonds. The highest BCUT2D eigenvalue weighted by atomic mass is 35.5. The Kier molecular flexibility index (Phi) is 6.36. The first-order chi connectivity index (χ1) is 6.02. The number of nitrogens with zero attached hydrogens (tertiary/aromatic N) is 1. The first kappa shape index (κ1) is 12.3. The van der Waals surface area contributed by atoms with Gasteiger partial charge in [-0.2, -0.15) is 5.10 Å². The van der Waals surface area contributed by atoms with Gasteiger partial charge in [-0.15, -0.1) is 0 Å². The standard InChI is InChI=1S/C6H10N2O.CCl2O/c1-5(2)9-6-3-4-7-8-6;2-1(3)4/h3-5H,1-2H3,(H,7,8);. The second-order valence-electron chi connectivity index (χ2n) is 2.31. The van der Waals surface area contributed by atoms with Gasteiger partial charge in [0.25, 0.3) is 0 Å². The molecule has 0 aliphatic heterocycles. The summed E-state index contributed by atoms with van der Waals surface area (Å²) in [5.74, 6) is 0.727. The fourth-order valence-corrected chi connectivity index (χ4v) is 0.563. The lowest BCUT2D eigenvalue weighted by atomic mass is 10.5. The Balaban J connectivity index is 0.000000310. The van der Waals surface area contributed by atoms with Crippen molar-refractivity contribution in [2.45, 2.75) is 20.0 Å². The zero-order valence-corrected chi connectivity index (χ0v) is 8.76. The Morgan fingerprint density at radius 3 is 2.46 bits per heavy atom. The Labute approximate surface area is 86.2 Å². The zero-order valence-electron chi connectivity index (χ0n) is 7.25. The van der Waals surface area contributed by atoms with Gasteiger partial charge in [-0.05, 0) is 37.0 Å². The smallest absolute Gasteiger partial charge is 0.313 e. The number of ether oxygens (including phenoxy) is 1. The van der Waals surface area contributed by atoms with Gasteiger partial charge in [-0.25, -0.2) is 5.10 Å². The fraction of sp³-hybridized carbons (Fsp3) is 0.429. The van der Waals surface area contributed by atoms with E-state index < -0.39 is 4.70 Å². The van der Waals surface area contributed by atoms with Crippen LogP contribution in [0.15, 0.2) is 12.3 Å². The summed E-state index contributed by atoms with van der Waals surface area (Å²) >= 11 is 8.80. The summed E-state index contributed by atoms with van der Waals surface area (Å²) in [5, 5.41) is 6.42. The van der Waals surface area contributed by atoms with Crippen molar-refractivity contribution >= 4 is 27.9 Å². The van der Waals surface area contributed by atoms with E-state index in [0.717, 1.165) is 5.88 Å². The van der Waals surface area contributed by atoms with Crippen molar-refractivity contribution in [3.63, 3.8) is 0 Å². The van der Waals surface area contributed by atoms with Crippen LogP contribution in [-0.2, 0) is 0 Å². The predicted molar refractivity (Wildman–Crippen MR) is 51.5 cm³/mol. The van der Waals surface area contributed by atoms with E-state index in [0.29, 0.717) is 0 Å². The molecule has 0 aliphatic carbocycles. The Hall–Kier alpha value is -0.740. The lowest BCUT2D eigenvalue weighted by molar-refractivity contribution is 0.232. The lowest BCUT2D eigenvalue weighted by Gasteiger charge is -2.04. The largest absolute Gasteiger partial charge is 0.475 e. The van der Waals surface area contributed by atoms with Gasteiger partial charge in [0.1, 0.15) is 0 Å². The minimum Gasteiger partial charge on any atom is -0.475 e. The Bertz CT molecular complexity index is 233. The summed E-state index contributed by atoms with van der Waals surface area (Å²) in [6.07, 6.45) is 1.88. The van der Waals surface area contributed by atoms with Gasteiger partial charge >= 0.3 is 4.70 Å². The van der Waals surface area contributed by atoms with Crippen LogP contribution in [0.3, 0.4) is 0 Å². The van der Waals surface area contributed by atoms with Crippen molar-refractivity contribution in [1.82, 2.24) is 10.2 Å². The third kappa shape index (κ3) is 9.17. The normalized spacial score (nSPS) is 9.00. The van der Waals surface area contributed by atoms with Crippen LogP contribution in [0, 0.1) is 0 Å². The van der Waals surface area contributed by atoms with E-state index in [1.165, 1.54) is 0 Å². The number of carbonyl (C=O) groups is 1. The third-order valence-corrected chi connectivity index (χ3v) is 0.838. The van der Waals surface area contributed by atoms with Crippen molar-refractivity contribution < 1.29 is 9.53 Å². The average molecular weight is 225 g/mol. The van der Waals surface area contributed by atoms with Crippen LogP contribution in [0.1, 0.15) is 13.8 Å². The van der Waals surface area contributed by atoms with Crippen molar-refractivity contribution in [2.75, 3.05) is 0 Å². The molecule has 0 unspecified atom stereocenters. The van der Waals surface area contributed by atoms with Crippen LogP contribution >= 0.6 is 23.2 Å². The zero-order chi connectivity index (χ0) is 10.3. The van der Waals surface area contributed by atoms with Crippen LogP contribution in [-0.4, -0.2) is 21.0 Å². The molecule has 74 valence electrons. The highest BCUT2D eigenvalue weighted by Crippen LogP contribution is 2.03. The number of H-pyrrole nitrogens is 1. The van der Waals surface area contributed by atoms with Crippen molar-refractivity contribution in [3.05, 3.63) is 12.3 Å². The summed E-state index contributed by atoms with van der Waals surface area (Å²) in [5.41, 5.74) is 0. The molecule has 0 radical (unpaired) electrons. The van der Waals surface area contributed by atoms with Gasteiger partial charge < -0.3 is 4.74 Å². The summed E-state index contributed by atoms with van der Waals surface area (Å²) < 4.78 is 4.35. The number of halogens is 2. The van der Waals surface area contributed by atoms with Crippen LogP contribution in [0.25, 0.3) is 0 Å². The van der Waals surface area contributed by atoms with Gasteiger partial charge in [-0.1, -0.05) is 0 Å². The van der Waals surface area contributed by atoms with Crippen molar-refractivity contribution in [2.24, 2.45) is 0 Å². The van der Waals surface area contributed by atoms with E-state index >= 15 is 0 Å². The molecule has 1 heterocycles. The molecule has 0 aliphatic rings. The highest BCUT2D eigenvalue weighted by Gasteiger charge is 1.94. The van der Waals surface area contributed by atoms with E-state index in [4.69, 9.17) is 9.53 Å². The maximum Gasteiger partial charge on any atom is 0.313 e. The number of carbonyl (C=O) groups excluding carboxylic acids is 1. The van der Waals surface area contributed by atoms with E-state index in [2.05, 4.69) is 33.4 Å². The maximum absolute atomic E-state index is 8.98. The minimum atomic E-state index is -0.889. The van der Waals surface area contributed by atoms with Gasteiger partial charge in [0.2, 0.25) is 5.88 Å². The number of nitrogens with one attached hydrogen (secondary N) is 1. The molecule has 1 aromatic rings. The molecule has 0 bridgehead atoms. The van der Waals surface area contributed by atoms with E-state index in [-0.39, 0.29) is 6.10 Å². The third-order valence-electron chi connectivity index (χ3n) is 0.838. The second kappa shape index (κ2) is 6.74. The maximum atomic E-state index is 8.98. The molecule has 1 N–H and O–H groups in total. The second-order valence-corrected chi connectivity index (χ2v) is 3.19. The number of aromatic nitrogens is 2. The Morgan fingerprint density at radius 1 is 1.62 bits per heavy atom. The van der Waals surface area contributed by atoms with Crippen LogP contribution in [0.2, 0.25) is 0 Å². The van der Waals surface area contributed by atoms with Gasteiger partial charge in [0.05, 0.1) is 12.3 Å². The fourth-order valence-electron chi connectivity index (χ4n) is 0.563. The summed E-state index contributed by atoms with van der Waals surface area (Å²) in [6.45, 7) is 3.95. The molecular weight excluding hydrogens is 215 g/mol. The highest BCUT2D eigenvalue weighted by molar-refractivity contribution is 6.93. The Morgan fingerprint density at radius 2 is 2.15 bits per heavy atom. The molecule has 0 spiro atoms. The van der Waals surface area contributed by atoms with Crippen LogP contribution in [0.5, 0.6) is 5.88 Å². The van der Waals surface area contributed by atoms with E-state index in [1.54, 1.807) is 12.3 Å². The lowest BCUT2D eigenvalue weighted by Crippen LogP contribution is -2.05. The van der Waals surface area contributed by atoms with E-state index in [9.17, 15) is 0 Å². The number of hydrogen-bond donors (Lipinski definition) is 1. The molecule has 0 saturated heterocycles. The molecule has 1 aromatic heterocycles. The number of aromatic amines is 1. The van der Waals surface area contributed by atoms with Gasteiger partial charge in [0.15, 0.2) is 0 Å². The topological polar surface area (TPSA) is 55.0 Å². The SMILES string of the molecule is CC(C)Oc1ccn[nH]1.O=C(Cl)Cl. The molecule has 0 saturated carbocycles. The van der Waals surface area contributed by atoms with Crippen LogP contribution in [0.4, 0.5) is 4.79 Å². The molecule has 0 atom stereocenters. The molecule has 13 heavy (non-hydrogen) atoms. The van der Waals surface area contributed by atoms with Gasteiger partial charge in [-0.3, -0.25) is 4.79 Å². The quantitative estimate of drug-likeness (QED) is 0.787. The average Bonchev–Trinajstić information content (AvgIpc) is 2.36. The summed E-state index contributed by atoms with van der Waals surface area (Å²) in [7, 11) is 0. The monoisotopic (exact) mass is 224 g/mol. The first-order valence-electron chi connectivity index (χ1n) is 3.53. The molecule has 6 heteroatoms. The number of rotatable bonds is 2. The molecule has 0 fully saturated rings. The van der Waals surface area contributed by atoms with Crippen LogP contribution < -0.4 is 4.74 Å². The van der Waals surface area contributed by atoms with Gasteiger partial charge in [0, 0.05) is 6.07 Å². The molecule has 1 rings (SSSR count). The van der Waals surface area contributed by atoms with E-state index in [1.807, 2.05) is 13.8 Å². The molecular formula is C7H10Cl2N2O2. The minimum absolute atomic E-state index is 0.213. The summed E-state index contributed by atoms with van der Waals surface area (Å²) in [4.78, 5) is 8.98. The number of hydrogen-bond acceptors (Lipinski definition) is 3. The molecule has 4 nitrogen and oxygen atoms in total. The van der Waals surface area contributed by atoms with Crippen molar-refractivity contribution in [3.8, 4) is 5.88 Å². The first-order valence-corrected chi connectivity index (χ1v) is 4.29.